The lowest BCUT2D eigenvalue weighted by molar-refractivity contribution is -0.385. The van der Waals surface area contributed by atoms with Crippen LogP contribution in [0.25, 0.3) is 0 Å². The molecule has 1 heterocycles. The van der Waals surface area contributed by atoms with Crippen molar-refractivity contribution in [2.24, 2.45) is 0 Å². The predicted octanol–water partition coefficient (Wildman–Crippen LogP) is 5.16. The first-order valence-electron chi connectivity index (χ1n) is 9.20. The second kappa shape index (κ2) is 8.10. The normalized spacial score (nSPS) is 14.6. The highest BCUT2D eigenvalue weighted by Crippen LogP contribution is 2.36. The van der Waals surface area contributed by atoms with Crippen LogP contribution in [-0.2, 0) is 6.18 Å². The molecule has 2 aromatic rings. The smallest absolute Gasteiger partial charge is 0.370 e. The first-order chi connectivity index (χ1) is 13.7. The van der Waals surface area contributed by atoms with Crippen molar-refractivity contribution in [1.82, 2.24) is 0 Å². The molecule has 1 saturated heterocycles. The van der Waals surface area contributed by atoms with E-state index in [9.17, 15) is 28.1 Å². The first-order valence-corrected chi connectivity index (χ1v) is 9.20. The molecule has 6 nitrogen and oxygen atoms in total. The zero-order valence-electron chi connectivity index (χ0n) is 15.8. The Morgan fingerprint density at radius 2 is 1.83 bits per heavy atom. The summed E-state index contributed by atoms with van der Waals surface area (Å²) in [6.07, 6.45) is -1.68. The van der Waals surface area contributed by atoms with Gasteiger partial charge in [-0.15, -0.1) is 0 Å². The van der Waals surface area contributed by atoms with E-state index >= 15 is 0 Å². The summed E-state index contributed by atoms with van der Waals surface area (Å²) in [5.41, 5.74) is -0.350. The van der Waals surface area contributed by atoms with Crippen molar-refractivity contribution in [1.29, 1.82) is 0 Å². The number of hydrogen-bond acceptors (Lipinski definition) is 4. The van der Waals surface area contributed by atoms with Gasteiger partial charge in [-0.3, -0.25) is 14.9 Å². The molecule has 0 aromatic heterocycles. The van der Waals surface area contributed by atoms with Crippen LogP contribution in [0.4, 0.5) is 30.2 Å². The molecule has 0 saturated carbocycles. The summed E-state index contributed by atoms with van der Waals surface area (Å²) in [4.78, 5) is 25.2. The molecule has 154 valence electrons. The van der Waals surface area contributed by atoms with Crippen molar-refractivity contribution in [3.8, 4) is 0 Å². The number of nitrogens with zero attached hydrogens (tertiary/aromatic N) is 2. The fourth-order valence-corrected chi connectivity index (χ4v) is 3.48. The number of nitro groups is 1. The molecule has 1 N–H and O–H groups in total. The van der Waals surface area contributed by atoms with E-state index < -0.39 is 22.6 Å². The second-order valence-electron chi connectivity index (χ2n) is 6.94. The van der Waals surface area contributed by atoms with Crippen molar-refractivity contribution in [3.63, 3.8) is 0 Å². The maximum Gasteiger partial charge on any atom is 0.416 e. The molecule has 9 heteroatoms. The summed E-state index contributed by atoms with van der Waals surface area (Å²) in [6.45, 7) is 2.80. The van der Waals surface area contributed by atoms with Gasteiger partial charge in [-0.25, -0.2) is 0 Å². The van der Waals surface area contributed by atoms with E-state index in [4.69, 9.17) is 0 Å². The summed E-state index contributed by atoms with van der Waals surface area (Å²) < 4.78 is 39.6. The molecule has 0 unspecified atom stereocenters. The maximum absolute atomic E-state index is 13.2. The van der Waals surface area contributed by atoms with Gasteiger partial charge in [0.15, 0.2) is 0 Å². The Morgan fingerprint density at radius 3 is 2.45 bits per heavy atom. The van der Waals surface area contributed by atoms with Gasteiger partial charge in [0, 0.05) is 30.3 Å². The Morgan fingerprint density at radius 1 is 1.14 bits per heavy atom. The summed E-state index contributed by atoms with van der Waals surface area (Å²) in [6, 6.07) is 7.33. The molecule has 0 bridgehead atoms. The Labute approximate surface area is 165 Å². The molecule has 0 radical (unpaired) electrons. The van der Waals surface area contributed by atoms with Gasteiger partial charge in [0.2, 0.25) is 0 Å². The van der Waals surface area contributed by atoms with Crippen LogP contribution in [0.1, 0.15) is 40.7 Å². The molecule has 1 aliphatic heterocycles. The van der Waals surface area contributed by atoms with E-state index in [1.165, 1.54) is 31.2 Å². The highest BCUT2D eigenvalue weighted by molar-refractivity contribution is 6.07. The van der Waals surface area contributed by atoms with E-state index in [1.54, 1.807) is 0 Å². The van der Waals surface area contributed by atoms with Gasteiger partial charge < -0.3 is 10.2 Å². The maximum atomic E-state index is 13.2. The fraction of sp³-hybridized carbons (Fsp3) is 0.350. The fourth-order valence-electron chi connectivity index (χ4n) is 3.48. The molecular weight excluding hydrogens is 387 g/mol. The van der Waals surface area contributed by atoms with Crippen LogP contribution in [0.15, 0.2) is 36.4 Å². The van der Waals surface area contributed by atoms with Gasteiger partial charge in [-0.05, 0) is 50.5 Å². The number of hydrogen-bond donors (Lipinski definition) is 1. The Bertz CT molecular complexity index is 938. The highest BCUT2D eigenvalue weighted by atomic mass is 19.4. The van der Waals surface area contributed by atoms with Crippen LogP contribution < -0.4 is 10.2 Å². The molecule has 0 aliphatic carbocycles. The first kappa shape index (κ1) is 20.6. The predicted molar refractivity (Wildman–Crippen MR) is 103 cm³/mol. The lowest BCUT2D eigenvalue weighted by atomic mass is 10.0. The van der Waals surface area contributed by atoms with Crippen LogP contribution in [0, 0.1) is 17.0 Å². The summed E-state index contributed by atoms with van der Waals surface area (Å²) in [5.74, 6) is -0.691. The van der Waals surface area contributed by atoms with E-state index in [0.717, 1.165) is 31.4 Å². The molecule has 1 amide bonds. The number of rotatable bonds is 4. The third-order valence-corrected chi connectivity index (χ3v) is 5.02. The van der Waals surface area contributed by atoms with Crippen LogP contribution in [0.3, 0.4) is 0 Å². The minimum absolute atomic E-state index is 0.0395. The minimum Gasteiger partial charge on any atom is -0.370 e. The molecule has 1 fully saturated rings. The Hall–Kier alpha value is -3.10. The summed E-state index contributed by atoms with van der Waals surface area (Å²) in [7, 11) is 0. The van der Waals surface area contributed by atoms with Crippen molar-refractivity contribution in [3.05, 3.63) is 63.2 Å². The largest absolute Gasteiger partial charge is 0.416 e. The van der Waals surface area contributed by atoms with Gasteiger partial charge in [-0.1, -0.05) is 6.07 Å². The summed E-state index contributed by atoms with van der Waals surface area (Å²) >= 11 is 0. The number of amides is 1. The van der Waals surface area contributed by atoms with Crippen LogP contribution >= 0.6 is 0 Å². The van der Waals surface area contributed by atoms with E-state index in [1.807, 2.05) is 4.90 Å². The zero-order chi connectivity index (χ0) is 21.2. The van der Waals surface area contributed by atoms with Crippen LogP contribution in [0.5, 0.6) is 0 Å². The third-order valence-electron chi connectivity index (χ3n) is 5.02. The molecule has 0 spiro atoms. The van der Waals surface area contributed by atoms with Gasteiger partial charge in [-0.2, -0.15) is 13.2 Å². The monoisotopic (exact) mass is 407 g/mol. The number of benzene rings is 2. The van der Waals surface area contributed by atoms with Crippen LogP contribution in [-0.4, -0.2) is 23.9 Å². The van der Waals surface area contributed by atoms with Gasteiger partial charge in [0.25, 0.3) is 11.6 Å². The Kier molecular flexibility index (Phi) is 5.76. The molecule has 3 rings (SSSR count). The number of alkyl halides is 3. The number of carbonyl (C=O) groups excluding carboxylic acids is 1. The standard InChI is InChI=1S/C20H20F3N3O3/c1-13-15(6-5-7-17(13)26(28)29)19(27)24-16-12-14(20(21,22)23)8-9-18(16)25-10-3-2-4-11-25/h5-9,12H,2-4,10-11H2,1H3,(H,24,27). The van der Waals surface area contributed by atoms with Crippen molar-refractivity contribution >= 4 is 23.0 Å². The number of halogens is 3. The number of piperidine rings is 1. The number of anilines is 2. The molecule has 0 atom stereocenters. The number of nitrogens with one attached hydrogen (secondary N) is 1. The number of nitro benzene ring substituents is 1. The minimum atomic E-state index is -4.55. The quantitative estimate of drug-likeness (QED) is 0.561. The molecule has 2 aromatic carbocycles. The molecule has 1 aliphatic rings. The molecular formula is C20H20F3N3O3. The van der Waals surface area contributed by atoms with Crippen molar-refractivity contribution in [2.75, 3.05) is 23.3 Å². The summed E-state index contributed by atoms with van der Waals surface area (Å²) in [5, 5.41) is 13.7. The Balaban J connectivity index is 1.99. The van der Waals surface area contributed by atoms with Gasteiger partial charge in [0.05, 0.1) is 21.9 Å². The van der Waals surface area contributed by atoms with Gasteiger partial charge >= 0.3 is 6.18 Å². The second-order valence-corrected chi connectivity index (χ2v) is 6.94. The zero-order valence-corrected chi connectivity index (χ0v) is 15.8. The third kappa shape index (κ3) is 4.49. The average Bonchev–Trinajstić information content (AvgIpc) is 2.67. The molecule has 29 heavy (non-hydrogen) atoms. The average molecular weight is 407 g/mol. The SMILES string of the molecule is Cc1c(C(=O)Nc2cc(C(F)(F)F)ccc2N2CCCCC2)cccc1[N+](=O)[O-]. The van der Waals surface area contributed by atoms with Crippen LogP contribution in [0.2, 0.25) is 0 Å². The van der Waals surface area contributed by atoms with E-state index in [-0.39, 0.29) is 22.5 Å². The topological polar surface area (TPSA) is 75.5 Å². The van der Waals surface area contributed by atoms with E-state index in [2.05, 4.69) is 5.32 Å². The van der Waals surface area contributed by atoms with Crippen molar-refractivity contribution < 1.29 is 22.9 Å². The lowest BCUT2D eigenvalue weighted by Crippen LogP contribution is -2.30. The highest BCUT2D eigenvalue weighted by Gasteiger charge is 2.32. The number of carbonyl (C=O) groups is 1. The van der Waals surface area contributed by atoms with Crippen molar-refractivity contribution in [2.45, 2.75) is 32.4 Å². The lowest BCUT2D eigenvalue weighted by Gasteiger charge is -2.31. The van der Waals surface area contributed by atoms with Gasteiger partial charge in [0.1, 0.15) is 0 Å². The van der Waals surface area contributed by atoms with E-state index in [0.29, 0.717) is 18.8 Å².